The lowest BCUT2D eigenvalue weighted by molar-refractivity contribution is -0.111. The highest BCUT2D eigenvalue weighted by Gasteiger charge is 2.04. The Hall–Kier alpha value is -3.65. The minimum absolute atomic E-state index is 0.262. The number of benzene rings is 2. The zero-order chi connectivity index (χ0) is 16.9. The van der Waals surface area contributed by atoms with E-state index in [0.717, 1.165) is 22.2 Å². The number of fused-ring (bicyclic) bond motifs is 1. The average Bonchev–Trinajstić information content (AvgIpc) is 2.62. The summed E-state index contributed by atoms with van der Waals surface area (Å²) < 4.78 is 0. The van der Waals surface area contributed by atoms with Crippen LogP contribution >= 0.6 is 0 Å². The molecule has 3 rings (SSSR count). The van der Waals surface area contributed by atoms with Crippen molar-refractivity contribution in [2.24, 2.45) is 0 Å². The van der Waals surface area contributed by atoms with Crippen LogP contribution in [0.15, 0.2) is 61.3 Å². The number of terminal acetylenes is 1. The molecule has 0 aliphatic heterocycles. The molecule has 116 valence electrons. The highest BCUT2D eigenvalue weighted by atomic mass is 16.1. The van der Waals surface area contributed by atoms with Crippen LogP contribution < -0.4 is 10.6 Å². The maximum atomic E-state index is 11.3. The number of carbonyl (C=O) groups is 1. The minimum Gasteiger partial charge on any atom is -0.324 e. The summed E-state index contributed by atoms with van der Waals surface area (Å²) in [6, 6.07) is 12.9. The van der Waals surface area contributed by atoms with E-state index >= 15 is 0 Å². The van der Waals surface area contributed by atoms with Crippen molar-refractivity contribution in [1.82, 2.24) is 9.97 Å². The molecule has 24 heavy (non-hydrogen) atoms. The lowest BCUT2D eigenvalue weighted by Crippen LogP contribution is -2.07. The second kappa shape index (κ2) is 6.63. The van der Waals surface area contributed by atoms with Gasteiger partial charge in [-0.05, 0) is 42.5 Å². The van der Waals surface area contributed by atoms with E-state index in [0.29, 0.717) is 11.6 Å². The standard InChI is InChI=1S/C19H14N4O/c1-3-13-6-5-7-15(10-13)22-19-20-12-14-11-16(21-18(24)4-2)8-9-17(14)23-19/h1,4-12H,2H2,(H,21,24)(H,20,22,23). The number of rotatable bonds is 4. The Bertz CT molecular complexity index is 973. The minimum atomic E-state index is -0.262. The van der Waals surface area contributed by atoms with Gasteiger partial charge in [-0.1, -0.05) is 18.6 Å². The lowest BCUT2D eigenvalue weighted by Gasteiger charge is -2.07. The maximum absolute atomic E-state index is 11.3. The molecule has 0 bridgehead atoms. The van der Waals surface area contributed by atoms with Crippen LogP contribution in [0.5, 0.6) is 0 Å². The molecule has 3 aromatic rings. The Labute approximate surface area is 139 Å². The Morgan fingerprint density at radius 2 is 2.08 bits per heavy atom. The first-order chi connectivity index (χ1) is 11.7. The summed E-state index contributed by atoms with van der Waals surface area (Å²) >= 11 is 0. The largest absolute Gasteiger partial charge is 0.324 e. The van der Waals surface area contributed by atoms with Crippen molar-refractivity contribution in [3.05, 3.63) is 66.9 Å². The van der Waals surface area contributed by atoms with Crippen molar-refractivity contribution in [3.63, 3.8) is 0 Å². The fraction of sp³-hybridized carbons (Fsp3) is 0. The molecule has 0 aliphatic carbocycles. The van der Waals surface area contributed by atoms with Crippen LogP contribution in [0.3, 0.4) is 0 Å². The van der Waals surface area contributed by atoms with Gasteiger partial charge in [0.25, 0.3) is 0 Å². The molecule has 0 spiro atoms. The third-order valence-corrected chi connectivity index (χ3v) is 3.32. The molecule has 5 nitrogen and oxygen atoms in total. The molecule has 5 heteroatoms. The topological polar surface area (TPSA) is 66.9 Å². The van der Waals surface area contributed by atoms with Gasteiger partial charge in [-0.25, -0.2) is 9.97 Å². The number of anilines is 3. The Kier molecular flexibility index (Phi) is 4.21. The van der Waals surface area contributed by atoms with Crippen LogP contribution in [0.4, 0.5) is 17.3 Å². The van der Waals surface area contributed by atoms with E-state index in [-0.39, 0.29) is 5.91 Å². The maximum Gasteiger partial charge on any atom is 0.247 e. The van der Waals surface area contributed by atoms with Crippen LogP contribution in [0.1, 0.15) is 5.56 Å². The van der Waals surface area contributed by atoms with E-state index in [4.69, 9.17) is 6.42 Å². The number of nitrogens with one attached hydrogen (secondary N) is 2. The van der Waals surface area contributed by atoms with Crippen molar-refractivity contribution < 1.29 is 4.79 Å². The molecule has 1 heterocycles. The average molecular weight is 314 g/mol. The zero-order valence-electron chi connectivity index (χ0n) is 12.8. The quantitative estimate of drug-likeness (QED) is 0.571. The van der Waals surface area contributed by atoms with Crippen LogP contribution in [0.25, 0.3) is 10.9 Å². The molecule has 0 aliphatic rings. The van der Waals surface area contributed by atoms with E-state index in [1.165, 1.54) is 6.08 Å². The molecule has 2 N–H and O–H groups in total. The summed E-state index contributed by atoms with van der Waals surface area (Å²) in [5.41, 5.74) is 3.03. The molecule has 0 saturated carbocycles. The van der Waals surface area contributed by atoms with Crippen molar-refractivity contribution in [2.75, 3.05) is 10.6 Å². The van der Waals surface area contributed by atoms with Crippen molar-refractivity contribution >= 4 is 34.1 Å². The second-order valence-corrected chi connectivity index (χ2v) is 5.01. The van der Waals surface area contributed by atoms with Crippen molar-refractivity contribution in [1.29, 1.82) is 0 Å². The number of hydrogen-bond acceptors (Lipinski definition) is 4. The number of carbonyl (C=O) groups excluding carboxylic acids is 1. The summed E-state index contributed by atoms with van der Waals surface area (Å²) in [6.45, 7) is 3.43. The summed E-state index contributed by atoms with van der Waals surface area (Å²) in [7, 11) is 0. The SMILES string of the molecule is C#Cc1cccc(Nc2ncc3cc(NC(=O)C=C)ccc3n2)c1. The van der Waals surface area contributed by atoms with Gasteiger partial charge in [-0.15, -0.1) is 6.42 Å². The van der Waals surface area contributed by atoms with Gasteiger partial charge in [-0.3, -0.25) is 4.79 Å². The predicted molar refractivity (Wildman–Crippen MR) is 96.0 cm³/mol. The van der Waals surface area contributed by atoms with Crippen molar-refractivity contribution in [3.8, 4) is 12.3 Å². The first kappa shape index (κ1) is 15.3. The molecule has 0 fully saturated rings. The van der Waals surface area contributed by atoms with Crippen LogP contribution in [-0.2, 0) is 4.79 Å². The molecule has 1 aromatic heterocycles. The van der Waals surface area contributed by atoms with Gasteiger partial charge in [0.15, 0.2) is 0 Å². The van der Waals surface area contributed by atoms with Crippen LogP contribution in [-0.4, -0.2) is 15.9 Å². The monoisotopic (exact) mass is 314 g/mol. The number of nitrogens with zero attached hydrogens (tertiary/aromatic N) is 2. The van der Waals surface area contributed by atoms with Gasteiger partial charge < -0.3 is 10.6 Å². The van der Waals surface area contributed by atoms with E-state index in [2.05, 4.69) is 33.1 Å². The number of aromatic nitrogens is 2. The molecule has 0 radical (unpaired) electrons. The van der Waals surface area contributed by atoms with Gasteiger partial charge in [0.1, 0.15) is 0 Å². The van der Waals surface area contributed by atoms with Crippen molar-refractivity contribution in [2.45, 2.75) is 0 Å². The third kappa shape index (κ3) is 3.39. The molecule has 2 aromatic carbocycles. The number of hydrogen-bond donors (Lipinski definition) is 2. The smallest absolute Gasteiger partial charge is 0.247 e. The summed E-state index contributed by atoms with van der Waals surface area (Å²) in [5, 5.41) is 6.65. The molecular formula is C19H14N4O. The molecule has 0 atom stereocenters. The zero-order valence-corrected chi connectivity index (χ0v) is 12.8. The molecule has 1 amide bonds. The Morgan fingerprint density at radius 3 is 2.88 bits per heavy atom. The first-order valence-corrected chi connectivity index (χ1v) is 7.22. The normalized spacial score (nSPS) is 9.96. The highest BCUT2D eigenvalue weighted by Crippen LogP contribution is 2.20. The molecular weight excluding hydrogens is 300 g/mol. The molecule has 0 unspecified atom stereocenters. The third-order valence-electron chi connectivity index (χ3n) is 3.32. The van der Waals surface area contributed by atoms with Crippen LogP contribution in [0.2, 0.25) is 0 Å². The van der Waals surface area contributed by atoms with E-state index in [9.17, 15) is 4.79 Å². The van der Waals surface area contributed by atoms with E-state index in [1.807, 2.05) is 30.3 Å². The van der Waals surface area contributed by atoms with Gasteiger partial charge >= 0.3 is 0 Å². The Morgan fingerprint density at radius 1 is 1.21 bits per heavy atom. The molecule has 0 saturated heterocycles. The Balaban J connectivity index is 1.86. The van der Waals surface area contributed by atoms with E-state index in [1.54, 1.807) is 18.3 Å². The van der Waals surface area contributed by atoms with Gasteiger partial charge in [0.05, 0.1) is 5.52 Å². The van der Waals surface area contributed by atoms with Gasteiger partial charge in [-0.2, -0.15) is 0 Å². The van der Waals surface area contributed by atoms with Crippen LogP contribution in [0, 0.1) is 12.3 Å². The van der Waals surface area contributed by atoms with E-state index < -0.39 is 0 Å². The summed E-state index contributed by atoms with van der Waals surface area (Å²) in [5.74, 6) is 2.80. The predicted octanol–water partition coefficient (Wildman–Crippen LogP) is 3.48. The first-order valence-electron chi connectivity index (χ1n) is 7.22. The highest BCUT2D eigenvalue weighted by molar-refractivity contribution is 6.00. The van der Waals surface area contributed by atoms with Gasteiger partial charge in [0, 0.05) is 28.5 Å². The second-order valence-electron chi connectivity index (χ2n) is 5.01. The number of amides is 1. The van der Waals surface area contributed by atoms with Gasteiger partial charge in [0.2, 0.25) is 11.9 Å². The fourth-order valence-electron chi connectivity index (χ4n) is 2.18. The summed E-state index contributed by atoms with van der Waals surface area (Å²) in [6.07, 6.45) is 8.31. The lowest BCUT2D eigenvalue weighted by atomic mass is 10.2. The fourth-order valence-corrected chi connectivity index (χ4v) is 2.18. The summed E-state index contributed by atoms with van der Waals surface area (Å²) in [4.78, 5) is 20.1.